The van der Waals surface area contributed by atoms with Crippen molar-refractivity contribution >= 4 is 21.9 Å². The van der Waals surface area contributed by atoms with E-state index in [9.17, 15) is 13.2 Å². The molecule has 2 aromatic heterocycles. The number of anilines is 1. The number of nitriles is 1. The van der Waals surface area contributed by atoms with E-state index in [2.05, 4.69) is 24.6 Å². The number of hydrogen-bond acceptors (Lipinski definition) is 9. The highest BCUT2D eigenvalue weighted by atomic mass is 32.2. The fourth-order valence-corrected chi connectivity index (χ4v) is 3.52. The van der Waals surface area contributed by atoms with Crippen LogP contribution in [-0.4, -0.2) is 46.6 Å². The molecule has 0 radical (unpaired) electrons. The van der Waals surface area contributed by atoms with Crippen LogP contribution in [0.2, 0.25) is 0 Å². The van der Waals surface area contributed by atoms with E-state index in [1.54, 1.807) is 6.20 Å². The SMILES string of the molecule is N#CCn1ccc(C(=O)c2cncnc2NC2CCC(COS(N)(=O)=O)C2)n1. The molecule has 3 N–H and O–H groups in total. The fourth-order valence-electron chi connectivity index (χ4n) is 3.13. The summed E-state index contributed by atoms with van der Waals surface area (Å²) in [7, 11) is -3.95. The van der Waals surface area contributed by atoms with Gasteiger partial charge >= 0.3 is 10.3 Å². The highest BCUT2D eigenvalue weighted by Crippen LogP contribution is 2.29. The average Bonchev–Trinajstić information content (AvgIpc) is 3.29. The van der Waals surface area contributed by atoms with Gasteiger partial charge in [0.25, 0.3) is 0 Å². The lowest BCUT2D eigenvalue weighted by Crippen LogP contribution is -2.22. The molecule has 1 saturated carbocycles. The topological polar surface area (TPSA) is 166 Å². The minimum absolute atomic E-state index is 0.00618. The maximum atomic E-state index is 12.8. The maximum absolute atomic E-state index is 12.8. The van der Waals surface area contributed by atoms with Crippen LogP contribution in [0.1, 0.15) is 35.3 Å². The summed E-state index contributed by atoms with van der Waals surface area (Å²) in [4.78, 5) is 20.8. The Morgan fingerprint density at radius 2 is 2.29 bits per heavy atom. The van der Waals surface area contributed by atoms with Crippen molar-refractivity contribution in [2.24, 2.45) is 11.1 Å². The predicted octanol–water partition coefficient (Wildman–Crippen LogP) is 0.228. The van der Waals surface area contributed by atoms with Gasteiger partial charge in [-0.15, -0.1) is 0 Å². The van der Waals surface area contributed by atoms with Gasteiger partial charge in [0.1, 0.15) is 24.4 Å². The van der Waals surface area contributed by atoms with Crippen LogP contribution in [0.15, 0.2) is 24.8 Å². The van der Waals surface area contributed by atoms with Gasteiger partial charge < -0.3 is 5.32 Å². The molecule has 148 valence electrons. The first kappa shape index (κ1) is 19.9. The van der Waals surface area contributed by atoms with Crippen molar-refractivity contribution in [3.63, 3.8) is 0 Å². The van der Waals surface area contributed by atoms with Crippen molar-refractivity contribution in [2.45, 2.75) is 31.8 Å². The van der Waals surface area contributed by atoms with E-state index in [-0.39, 0.29) is 42.2 Å². The molecule has 1 aliphatic rings. The lowest BCUT2D eigenvalue weighted by Gasteiger charge is -2.15. The summed E-state index contributed by atoms with van der Waals surface area (Å²) >= 11 is 0. The first-order chi connectivity index (χ1) is 13.4. The molecule has 12 heteroatoms. The number of nitrogens with two attached hydrogens (primary N) is 1. The summed E-state index contributed by atoms with van der Waals surface area (Å²) in [6, 6.07) is 3.50. The quantitative estimate of drug-likeness (QED) is 0.584. The number of carbonyl (C=O) groups excluding carboxylic acids is 1. The number of nitrogens with zero attached hydrogens (tertiary/aromatic N) is 5. The smallest absolute Gasteiger partial charge is 0.333 e. The molecule has 1 aliphatic carbocycles. The monoisotopic (exact) mass is 405 g/mol. The molecule has 0 bridgehead atoms. The third-order valence-electron chi connectivity index (χ3n) is 4.41. The van der Waals surface area contributed by atoms with Crippen molar-refractivity contribution < 1.29 is 17.4 Å². The molecule has 0 amide bonds. The molecule has 11 nitrogen and oxygen atoms in total. The Morgan fingerprint density at radius 3 is 3.04 bits per heavy atom. The molecule has 0 aliphatic heterocycles. The number of aromatic nitrogens is 4. The first-order valence-electron chi connectivity index (χ1n) is 8.54. The molecule has 2 heterocycles. The highest BCUT2D eigenvalue weighted by Gasteiger charge is 2.28. The minimum Gasteiger partial charge on any atom is -0.367 e. The van der Waals surface area contributed by atoms with Crippen molar-refractivity contribution in [3.05, 3.63) is 36.0 Å². The highest BCUT2D eigenvalue weighted by molar-refractivity contribution is 7.84. The third kappa shape index (κ3) is 5.10. The van der Waals surface area contributed by atoms with Crippen LogP contribution < -0.4 is 10.5 Å². The van der Waals surface area contributed by atoms with E-state index >= 15 is 0 Å². The number of carbonyl (C=O) groups is 1. The normalized spacial score (nSPS) is 19.3. The van der Waals surface area contributed by atoms with Gasteiger partial charge in [-0.1, -0.05) is 0 Å². The van der Waals surface area contributed by atoms with E-state index in [0.717, 1.165) is 12.8 Å². The van der Waals surface area contributed by atoms with E-state index in [1.807, 2.05) is 6.07 Å². The minimum atomic E-state index is -3.95. The van der Waals surface area contributed by atoms with Crippen LogP contribution in [-0.2, 0) is 21.0 Å². The zero-order valence-corrected chi connectivity index (χ0v) is 15.7. The largest absolute Gasteiger partial charge is 0.367 e. The van der Waals surface area contributed by atoms with E-state index in [0.29, 0.717) is 12.2 Å². The van der Waals surface area contributed by atoms with Gasteiger partial charge in [-0.3, -0.25) is 13.7 Å². The van der Waals surface area contributed by atoms with Crippen LogP contribution in [0.5, 0.6) is 0 Å². The second kappa shape index (κ2) is 8.42. The number of nitrogens with one attached hydrogen (secondary N) is 1. The molecule has 2 atom stereocenters. The van der Waals surface area contributed by atoms with E-state index in [1.165, 1.54) is 23.3 Å². The fraction of sp³-hybridized carbons (Fsp3) is 0.438. The predicted molar refractivity (Wildman–Crippen MR) is 97.1 cm³/mol. The molecule has 0 aromatic carbocycles. The zero-order valence-electron chi connectivity index (χ0n) is 14.9. The Hall–Kier alpha value is -2.88. The molecule has 3 rings (SSSR count). The van der Waals surface area contributed by atoms with Crippen molar-refractivity contribution in [1.82, 2.24) is 19.7 Å². The third-order valence-corrected chi connectivity index (χ3v) is 4.88. The summed E-state index contributed by atoms with van der Waals surface area (Å²) in [5.41, 5.74) is 0.466. The van der Waals surface area contributed by atoms with Crippen molar-refractivity contribution in [2.75, 3.05) is 11.9 Å². The standard InChI is InChI=1S/C16H19N7O4S/c17-4-6-23-5-3-14(22-23)15(24)13-8-19-10-20-16(13)21-12-2-1-11(7-12)9-27-28(18,25)26/h3,5,8,10-12H,1-2,6-7,9H2,(H2,18,25,26)(H,19,20,21). The second-order valence-electron chi connectivity index (χ2n) is 6.47. The van der Waals surface area contributed by atoms with Gasteiger partial charge in [0.15, 0.2) is 0 Å². The molecule has 2 unspecified atom stereocenters. The molecule has 2 aromatic rings. The number of hydrogen-bond donors (Lipinski definition) is 2. The Balaban J connectivity index is 1.67. The molecule has 28 heavy (non-hydrogen) atoms. The number of ketones is 1. The second-order valence-corrected chi connectivity index (χ2v) is 7.69. The van der Waals surface area contributed by atoms with Gasteiger partial charge in [0, 0.05) is 18.4 Å². The molecule has 0 spiro atoms. The lowest BCUT2D eigenvalue weighted by molar-refractivity contribution is 0.103. The molecule has 1 fully saturated rings. The summed E-state index contributed by atoms with van der Waals surface area (Å²) in [5.74, 6) is 0.0678. The van der Waals surface area contributed by atoms with Crippen molar-refractivity contribution in [1.29, 1.82) is 5.26 Å². The Labute approximate surface area is 161 Å². The summed E-state index contributed by atoms with van der Waals surface area (Å²) in [6.45, 7) is 0.0800. The lowest BCUT2D eigenvalue weighted by atomic mass is 10.1. The maximum Gasteiger partial charge on any atom is 0.333 e. The van der Waals surface area contributed by atoms with Crippen LogP contribution in [0.3, 0.4) is 0 Å². The number of rotatable bonds is 8. The van der Waals surface area contributed by atoms with Crippen LogP contribution >= 0.6 is 0 Å². The Bertz CT molecular complexity index is 998. The van der Waals surface area contributed by atoms with Gasteiger partial charge in [-0.05, 0) is 31.2 Å². The van der Waals surface area contributed by atoms with E-state index < -0.39 is 10.3 Å². The van der Waals surface area contributed by atoms with Gasteiger partial charge in [0.05, 0.1) is 18.2 Å². The van der Waals surface area contributed by atoms with Crippen LogP contribution in [0.25, 0.3) is 0 Å². The average molecular weight is 405 g/mol. The molecular formula is C16H19N7O4S. The molecule has 0 saturated heterocycles. The van der Waals surface area contributed by atoms with Crippen LogP contribution in [0.4, 0.5) is 5.82 Å². The van der Waals surface area contributed by atoms with Gasteiger partial charge in [0.2, 0.25) is 5.78 Å². The van der Waals surface area contributed by atoms with Gasteiger partial charge in [-0.25, -0.2) is 15.1 Å². The van der Waals surface area contributed by atoms with Crippen molar-refractivity contribution in [3.8, 4) is 6.07 Å². The Kier molecular flexibility index (Phi) is 5.98. The summed E-state index contributed by atoms with van der Waals surface area (Å²) in [6.07, 6.45) is 6.50. The molecular weight excluding hydrogens is 386 g/mol. The first-order valence-corrected chi connectivity index (χ1v) is 10.0. The van der Waals surface area contributed by atoms with Gasteiger partial charge in [-0.2, -0.15) is 18.8 Å². The summed E-state index contributed by atoms with van der Waals surface area (Å²) < 4.78 is 27.9. The zero-order chi connectivity index (χ0) is 20.1. The Morgan fingerprint density at radius 1 is 1.46 bits per heavy atom. The van der Waals surface area contributed by atoms with Crippen LogP contribution in [0, 0.1) is 17.2 Å². The van der Waals surface area contributed by atoms with E-state index in [4.69, 9.17) is 10.4 Å². The summed E-state index contributed by atoms with van der Waals surface area (Å²) in [5, 5.41) is 20.9.